The minimum absolute atomic E-state index is 0.00440. The maximum atomic E-state index is 12.9. The number of carbonyl (C=O) groups excluding carboxylic acids is 2. The molecule has 0 unspecified atom stereocenters. The van der Waals surface area contributed by atoms with Gasteiger partial charge < -0.3 is 9.15 Å². The van der Waals surface area contributed by atoms with Crippen molar-refractivity contribution in [3.8, 4) is 0 Å². The van der Waals surface area contributed by atoms with Crippen molar-refractivity contribution in [2.75, 3.05) is 0 Å². The van der Waals surface area contributed by atoms with Gasteiger partial charge in [0, 0.05) is 11.0 Å². The van der Waals surface area contributed by atoms with Crippen molar-refractivity contribution < 1.29 is 18.7 Å². The number of hydrogen-bond donors (Lipinski definition) is 0. The van der Waals surface area contributed by atoms with Crippen molar-refractivity contribution in [2.45, 2.75) is 47.1 Å². The number of ketones is 1. The van der Waals surface area contributed by atoms with Crippen LogP contribution in [0.1, 0.15) is 61.9 Å². The van der Waals surface area contributed by atoms with Crippen molar-refractivity contribution in [3.05, 3.63) is 35.3 Å². The maximum absolute atomic E-state index is 12.9. The molecule has 0 radical (unpaired) electrons. The molecule has 0 fully saturated rings. The molecular weight excluding hydrogens is 292 g/mol. The Bertz CT molecular complexity index is 682. The molecular formula is C19H24O4. The number of rotatable bonds is 2. The Morgan fingerprint density at radius 3 is 2.78 bits per heavy atom. The van der Waals surface area contributed by atoms with Crippen LogP contribution in [0.5, 0.6) is 0 Å². The molecule has 0 amide bonds. The van der Waals surface area contributed by atoms with Crippen molar-refractivity contribution >= 4 is 11.8 Å². The van der Waals surface area contributed by atoms with Crippen LogP contribution in [0, 0.1) is 30.1 Å². The van der Waals surface area contributed by atoms with Crippen LogP contribution < -0.4 is 0 Å². The maximum Gasteiger partial charge on any atom is 0.309 e. The lowest BCUT2D eigenvalue weighted by atomic mass is 9.56. The fraction of sp³-hybridized carbons (Fsp3) is 0.579. The number of fused-ring (bicyclic) bond motifs is 2. The van der Waals surface area contributed by atoms with Gasteiger partial charge in [0.25, 0.3) is 0 Å². The number of hydrogen-bond acceptors (Lipinski definition) is 4. The standard InChI is InChI=1S/C19H24O4/c1-10(2)18(21)23-17-14-11(3)9-22-16(14)15(20)13-8-6-7-12(4)19(13,17)5/h6,8-10,12-13,17H,7H2,1-5H3/t12-,13-,17+,19-/m1/s1. The average molecular weight is 316 g/mol. The van der Waals surface area contributed by atoms with E-state index in [0.717, 1.165) is 17.5 Å². The van der Waals surface area contributed by atoms with Gasteiger partial charge in [-0.05, 0) is 24.8 Å². The highest BCUT2D eigenvalue weighted by atomic mass is 16.5. The van der Waals surface area contributed by atoms with E-state index in [1.165, 1.54) is 0 Å². The largest absolute Gasteiger partial charge is 0.460 e. The number of carbonyl (C=O) groups is 2. The first-order valence-corrected chi connectivity index (χ1v) is 8.27. The fourth-order valence-electron chi connectivity index (χ4n) is 3.84. The van der Waals surface area contributed by atoms with Crippen molar-refractivity contribution in [1.29, 1.82) is 0 Å². The molecule has 0 N–H and O–H groups in total. The molecule has 0 aromatic carbocycles. The third kappa shape index (κ3) is 2.19. The van der Waals surface area contributed by atoms with Crippen LogP contribution in [0.4, 0.5) is 0 Å². The van der Waals surface area contributed by atoms with Gasteiger partial charge in [-0.2, -0.15) is 0 Å². The summed E-state index contributed by atoms with van der Waals surface area (Å²) in [6.07, 6.45) is 6.03. The first kappa shape index (κ1) is 16.0. The molecule has 0 saturated carbocycles. The highest BCUT2D eigenvalue weighted by molar-refractivity contribution is 6.00. The van der Waals surface area contributed by atoms with E-state index in [4.69, 9.17) is 9.15 Å². The zero-order valence-electron chi connectivity index (χ0n) is 14.4. The Balaban J connectivity index is 2.17. The Kier molecular flexibility index (Phi) is 3.74. The van der Waals surface area contributed by atoms with E-state index in [-0.39, 0.29) is 29.5 Å². The van der Waals surface area contributed by atoms with Gasteiger partial charge in [0.15, 0.2) is 5.76 Å². The van der Waals surface area contributed by atoms with Crippen molar-refractivity contribution in [1.82, 2.24) is 0 Å². The summed E-state index contributed by atoms with van der Waals surface area (Å²) in [5.74, 6) is -0.180. The highest BCUT2D eigenvalue weighted by Crippen LogP contribution is 2.57. The average Bonchev–Trinajstić information content (AvgIpc) is 2.87. The van der Waals surface area contributed by atoms with Gasteiger partial charge in [-0.15, -0.1) is 0 Å². The number of furan rings is 1. The predicted octanol–water partition coefficient (Wildman–Crippen LogP) is 4.24. The quantitative estimate of drug-likeness (QED) is 0.605. The smallest absolute Gasteiger partial charge is 0.309 e. The molecule has 1 heterocycles. The Labute approximate surface area is 136 Å². The molecule has 1 aromatic heterocycles. The lowest BCUT2D eigenvalue weighted by Crippen LogP contribution is -2.49. The summed E-state index contributed by atoms with van der Waals surface area (Å²) in [4.78, 5) is 25.2. The van der Waals surface area contributed by atoms with E-state index in [1.54, 1.807) is 6.26 Å². The summed E-state index contributed by atoms with van der Waals surface area (Å²) in [6, 6.07) is 0. The van der Waals surface area contributed by atoms with Crippen LogP contribution in [0.3, 0.4) is 0 Å². The molecule has 0 saturated heterocycles. The second-order valence-electron chi connectivity index (χ2n) is 7.41. The fourth-order valence-corrected chi connectivity index (χ4v) is 3.84. The van der Waals surface area contributed by atoms with Crippen LogP contribution in [0.2, 0.25) is 0 Å². The molecule has 124 valence electrons. The van der Waals surface area contributed by atoms with E-state index in [2.05, 4.69) is 19.9 Å². The first-order chi connectivity index (χ1) is 10.8. The molecule has 2 aliphatic rings. The van der Waals surface area contributed by atoms with Gasteiger partial charge in [0.2, 0.25) is 5.78 Å². The number of aryl methyl sites for hydroxylation is 1. The van der Waals surface area contributed by atoms with Gasteiger partial charge in [0.05, 0.1) is 18.1 Å². The normalized spacial score (nSPS) is 32.6. The van der Waals surface area contributed by atoms with Gasteiger partial charge in [-0.25, -0.2) is 0 Å². The van der Waals surface area contributed by atoms with Crippen molar-refractivity contribution in [3.63, 3.8) is 0 Å². The molecule has 23 heavy (non-hydrogen) atoms. The summed E-state index contributed by atoms with van der Waals surface area (Å²) in [7, 11) is 0. The van der Waals surface area contributed by atoms with Gasteiger partial charge in [-0.1, -0.05) is 39.8 Å². The second kappa shape index (κ2) is 5.36. The summed E-state index contributed by atoms with van der Waals surface area (Å²) < 4.78 is 11.5. The lowest BCUT2D eigenvalue weighted by Gasteiger charge is -2.49. The van der Waals surface area contributed by atoms with Gasteiger partial charge in [-0.3, -0.25) is 9.59 Å². The lowest BCUT2D eigenvalue weighted by molar-refractivity contribution is -0.166. The number of esters is 1. The van der Waals surface area contributed by atoms with Crippen LogP contribution in [0.25, 0.3) is 0 Å². The molecule has 0 aliphatic heterocycles. The van der Waals surface area contributed by atoms with Crippen LogP contribution in [-0.4, -0.2) is 11.8 Å². The molecule has 4 heteroatoms. The topological polar surface area (TPSA) is 56.5 Å². The summed E-state index contributed by atoms with van der Waals surface area (Å²) in [5, 5.41) is 0. The second-order valence-corrected chi connectivity index (χ2v) is 7.41. The Morgan fingerprint density at radius 2 is 2.13 bits per heavy atom. The Morgan fingerprint density at radius 1 is 1.43 bits per heavy atom. The third-order valence-corrected chi connectivity index (χ3v) is 5.61. The molecule has 0 bridgehead atoms. The zero-order valence-corrected chi connectivity index (χ0v) is 14.4. The van der Waals surface area contributed by atoms with Gasteiger partial charge in [0.1, 0.15) is 6.10 Å². The molecule has 1 aromatic rings. The van der Waals surface area contributed by atoms with E-state index in [0.29, 0.717) is 5.76 Å². The van der Waals surface area contributed by atoms with Crippen molar-refractivity contribution in [2.24, 2.45) is 23.2 Å². The van der Waals surface area contributed by atoms with Crippen LogP contribution >= 0.6 is 0 Å². The summed E-state index contributed by atoms with van der Waals surface area (Å²) in [6.45, 7) is 9.74. The minimum atomic E-state index is -0.450. The Hall–Kier alpha value is -1.84. The molecule has 0 spiro atoms. The van der Waals surface area contributed by atoms with Crippen LogP contribution in [-0.2, 0) is 9.53 Å². The van der Waals surface area contributed by atoms with Crippen LogP contribution in [0.15, 0.2) is 22.8 Å². The first-order valence-electron chi connectivity index (χ1n) is 8.27. The molecule has 4 nitrogen and oxygen atoms in total. The van der Waals surface area contributed by atoms with E-state index >= 15 is 0 Å². The predicted molar refractivity (Wildman–Crippen MR) is 86.0 cm³/mol. The molecule has 2 aliphatic carbocycles. The summed E-state index contributed by atoms with van der Waals surface area (Å²) in [5.41, 5.74) is 1.18. The SMILES string of the molecule is Cc1coc2c1[C@H](OC(=O)C(C)C)[C@]1(C)[C@H](C)CC=C[C@@H]1C2=O. The number of allylic oxidation sites excluding steroid dienone is 2. The third-order valence-electron chi connectivity index (χ3n) is 5.61. The molecule has 4 atom stereocenters. The van der Waals surface area contributed by atoms with E-state index in [9.17, 15) is 9.59 Å². The summed E-state index contributed by atoms with van der Waals surface area (Å²) >= 11 is 0. The van der Waals surface area contributed by atoms with E-state index in [1.807, 2.05) is 26.8 Å². The molecule has 3 rings (SSSR count). The minimum Gasteiger partial charge on any atom is -0.460 e. The number of ether oxygens (including phenoxy) is 1. The zero-order chi connectivity index (χ0) is 16.9. The van der Waals surface area contributed by atoms with Gasteiger partial charge >= 0.3 is 5.97 Å². The highest BCUT2D eigenvalue weighted by Gasteiger charge is 2.57. The number of Topliss-reactive ketones (excluding diaryl/α,β-unsaturated/α-hetero) is 1. The van der Waals surface area contributed by atoms with E-state index < -0.39 is 11.5 Å². The monoisotopic (exact) mass is 316 g/mol.